The van der Waals surface area contributed by atoms with Crippen LogP contribution in [0.4, 0.5) is 17.1 Å². The Morgan fingerprint density at radius 3 is 1.96 bits per heavy atom. The van der Waals surface area contributed by atoms with E-state index in [1.807, 2.05) is 0 Å². The van der Waals surface area contributed by atoms with Crippen molar-refractivity contribution in [1.29, 1.82) is 0 Å². The zero-order chi connectivity index (χ0) is 18.0. The second-order valence-electron chi connectivity index (χ2n) is 6.80. The predicted molar refractivity (Wildman–Crippen MR) is 117 cm³/mol. The molecule has 4 aromatic carbocycles. The van der Waals surface area contributed by atoms with Gasteiger partial charge in [0.15, 0.2) is 0 Å². The van der Waals surface area contributed by atoms with Crippen LogP contribution < -0.4 is 4.90 Å². The van der Waals surface area contributed by atoms with Crippen molar-refractivity contribution >= 4 is 54.8 Å². The molecule has 5 aromatic rings. The monoisotopic (exact) mass is 410 g/mol. The van der Waals surface area contributed by atoms with Crippen molar-refractivity contribution in [2.75, 3.05) is 4.90 Å². The van der Waals surface area contributed by atoms with E-state index in [4.69, 9.17) is 0 Å². The van der Waals surface area contributed by atoms with Crippen LogP contribution in [0.1, 0.15) is 0 Å². The molecular weight excluding hydrogens is 396 g/mol. The fourth-order valence-electron chi connectivity index (χ4n) is 4.30. The van der Waals surface area contributed by atoms with E-state index < -0.39 is 0 Å². The average Bonchev–Trinajstić information content (AvgIpc) is 3.07. The second kappa shape index (κ2) is 5.48. The van der Waals surface area contributed by atoms with E-state index in [0.717, 1.165) is 4.47 Å². The molecule has 128 valence electrons. The number of nitrogens with zero attached hydrogens (tertiary/aromatic N) is 2. The van der Waals surface area contributed by atoms with Crippen LogP contribution >= 0.6 is 15.9 Å². The van der Waals surface area contributed by atoms with Crippen LogP contribution in [-0.4, -0.2) is 4.57 Å². The van der Waals surface area contributed by atoms with Gasteiger partial charge in [-0.2, -0.15) is 0 Å². The quantitative estimate of drug-likeness (QED) is 0.275. The number of aromatic nitrogens is 1. The molecule has 0 radical (unpaired) electrons. The fourth-order valence-corrected chi connectivity index (χ4v) is 4.85. The predicted octanol–water partition coefficient (Wildman–Crippen LogP) is 7.33. The summed E-state index contributed by atoms with van der Waals surface area (Å²) in [5, 5.41) is 2.55. The zero-order valence-electron chi connectivity index (χ0n) is 14.4. The lowest BCUT2D eigenvalue weighted by Gasteiger charge is -2.33. The molecule has 1 aromatic heterocycles. The van der Waals surface area contributed by atoms with E-state index in [1.54, 1.807) is 0 Å². The van der Waals surface area contributed by atoms with Crippen molar-refractivity contribution in [3.63, 3.8) is 0 Å². The van der Waals surface area contributed by atoms with Gasteiger partial charge in [-0.15, -0.1) is 0 Å². The summed E-state index contributed by atoms with van der Waals surface area (Å²) in [4.78, 5) is 2.37. The highest BCUT2D eigenvalue weighted by molar-refractivity contribution is 9.10. The summed E-state index contributed by atoms with van der Waals surface area (Å²) < 4.78 is 3.52. The summed E-state index contributed by atoms with van der Waals surface area (Å²) in [6, 6.07) is 32.3. The summed E-state index contributed by atoms with van der Waals surface area (Å²) in [5.41, 5.74) is 7.25. The Morgan fingerprint density at radius 2 is 1.15 bits per heavy atom. The molecule has 27 heavy (non-hydrogen) atoms. The number of anilines is 3. The maximum atomic E-state index is 3.79. The van der Waals surface area contributed by atoms with E-state index in [0.29, 0.717) is 0 Å². The zero-order valence-corrected chi connectivity index (χ0v) is 16.0. The third-order valence-corrected chi connectivity index (χ3v) is 6.00. The molecule has 2 heterocycles. The summed E-state index contributed by atoms with van der Waals surface area (Å²) in [6.07, 6.45) is 0. The third kappa shape index (κ3) is 1.95. The lowest BCUT2D eigenvalue weighted by atomic mass is 10.1. The lowest BCUT2D eigenvalue weighted by Crippen LogP contribution is -2.17. The molecule has 3 heteroatoms. The van der Waals surface area contributed by atoms with Crippen LogP contribution in [0.5, 0.6) is 0 Å². The third-order valence-electron chi connectivity index (χ3n) is 5.36. The number of hydrogen-bond acceptors (Lipinski definition) is 1. The first-order valence-electron chi connectivity index (χ1n) is 9.01. The number of fused-ring (bicyclic) bond motifs is 5. The topological polar surface area (TPSA) is 8.17 Å². The molecule has 0 saturated heterocycles. The van der Waals surface area contributed by atoms with Crippen LogP contribution in [0.2, 0.25) is 0 Å². The Bertz CT molecular complexity index is 1340. The molecule has 0 amide bonds. The Morgan fingerprint density at radius 1 is 0.519 bits per heavy atom. The van der Waals surface area contributed by atoms with Gasteiger partial charge in [0.25, 0.3) is 0 Å². The molecule has 0 unspecified atom stereocenters. The van der Waals surface area contributed by atoms with Gasteiger partial charge in [-0.1, -0.05) is 54.6 Å². The van der Waals surface area contributed by atoms with Crippen LogP contribution in [0.25, 0.3) is 27.5 Å². The van der Waals surface area contributed by atoms with Crippen molar-refractivity contribution in [2.45, 2.75) is 0 Å². The number of halogens is 1. The average molecular weight is 411 g/mol. The van der Waals surface area contributed by atoms with Crippen LogP contribution in [0.15, 0.2) is 95.5 Å². The minimum Gasteiger partial charge on any atom is -0.306 e. The van der Waals surface area contributed by atoms with Crippen molar-refractivity contribution in [3.8, 4) is 5.69 Å². The molecule has 0 spiro atoms. The Hall–Kier alpha value is -3.04. The first kappa shape index (κ1) is 15.1. The molecule has 0 atom stereocenters. The van der Waals surface area contributed by atoms with E-state index >= 15 is 0 Å². The van der Waals surface area contributed by atoms with Crippen molar-refractivity contribution in [3.05, 3.63) is 95.5 Å². The molecule has 0 saturated carbocycles. The van der Waals surface area contributed by atoms with E-state index in [-0.39, 0.29) is 0 Å². The molecular formula is C24H15BrN2. The van der Waals surface area contributed by atoms with Crippen LogP contribution in [0.3, 0.4) is 0 Å². The molecule has 0 aliphatic carbocycles. The Balaban J connectivity index is 1.86. The first-order chi connectivity index (χ1) is 13.3. The van der Waals surface area contributed by atoms with Gasteiger partial charge in [-0.25, -0.2) is 0 Å². The minimum atomic E-state index is 1.12. The molecule has 6 rings (SSSR count). The smallest absolute Gasteiger partial charge is 0.0783 e. The Labute approximate surface area is 165 Å². The number of benzene rings is 4. The normalized spacial score (nSPS) is 12.6. The standard InChI is InChI=1S/C24H15BrN2/c25-19-12-6-10-17-18-11-7-15-22-24(18)27(23(17)19)21-14-5-4-13-20(21)26(22)16-8-2-1-3-9-16/h1-15H. The van der Waals surface area contributed by atoms with Gasteiger partial charge in [0, 0.05) is 20.9 Å². The maximum absolute atomic E-state index is 3.79. The van der Waals surface area contributed by atoms with Crippen molar-refractivity contribution < 1.29 is 0 Å². The number of para-hydroxylation sites is 5. The van der Waals surface area contributed by atoms with Gasteiger partial charge in [0.05, 0.1) is 28.1 Å². The van der Waals surface area contributed by atoms with Crippen LogP contribution in [-0.2, 0) is 0 Å². The summed E-state index contributed by atoms with van der Waals surface area (Å²) >= 11 is 3.79. The fraction of sp³-hybridized carbons (Fsp3) is 0. The van der Waals surface area contributed by atoms with Gasteiger partial charge in [-0.3, -0.25) is 0 Å². The molecule has 0 fully saturated rings. The number of rotatable bonds is 1. The largest absolute Gasteiger partial charge is 0.306 e. The summed E-state index contributed by atoms with van der Waals surface area (Å²) in [6.45, 7) is 0. The van der Waals surface area contributed by atoms with Gasteiger partial charge in [-0.05, 0) is 52.3 Å². The molecule has 0 N–H and O–H groups in total. The second-order valence-corrected chi connectivity index (χ2v) is 7.66. The molecule has 0 bridgehead atoms. The lowest BCUT2D eigenvalue weighted by molar-refractivity contribution is 1.11. The van der Waals surface area contributed by atoms with Gasteiger partial charge >= 0.3 is 0 Å². The van der Waals surface area contributed by atoms with Crippen molar-refractivity contribution in [2.24, 2.45) is 0 Å². The van der Waals surface area contributed by atoms with E-state index in [9.17, 15) is 0 Å². The maximum Gasteiger partial charge on any atom is 0.0783 e. The highest BCUT2D eigenvalue weighted by Gasteiger charge is 2.28. The van der Waals surface area contributed by atoms with E-state index in [1.165, 1.54) is 44.6 Å². The molecule has 2 nitrogen and oxygen atoms in total. The van der Waals surface area contributed by atoms with Gasteiger partial charge < -0.3 is 9.47 Å². The van der Waals surface area contributed by atoms with Crippen LogP contribution in [0, 0.1) is 0 Å². The minimum absolute atomic E-state index is 1.12. The first-order valence-corrected chi connectivity index (χ1v) is 9.80. The van der Waals surface area contributed by atoms with Gasteiger partial charge in [0.2, 0.25) is 0 Å². The SMILES string of the molecule is Brc1cccc2c3cccc4c3n(c12)-c1ccccc1N4c1ccccc1. The Kier molecular flexibility index (Phi) is 3.06. The van der Waals surface area contributed by atoms with Crippen molar-refractivity contribution in [1.82, 2.24) is 4.57 Å². The van der Waals surface area contributed by atoms with Gasteiger partial charge in [0.1, 0.15) is 0 Å². The number of hydrogen-bond donors (Lipinski definition) is 0. The highest BCUT2D eigenvalue weighted by atomic mass is 79.9. The summed E-state index contributed by atoms with van der Waals surface area (Å²) in [7, 11) is 0. The highest BCUT2D eigenvalue weighted by Crippen LogP contribution is 2.50. The molecule has 1 aliphatic rings. The van der Waals surface area contributed by atoms with E-state index in [2.05, 4.69) is 116 Å². The summed E-state index contributed by atoms with van der Waals surface area (Å²) in [5.74, 6) is 0. The molecule has 1 aliphatic heterocycles.